The first-order valence-electron chi connectivity index (χ1n) is 4.39. The lowest BCUT2D eigenvalue weighted by Gasteiger charge is -2.12. The van der Waals surface area contributed by atoms with E-state index in [9.17, 15) is 12.8 Å². The van der Waals surface area contributed by atoms with E-state index in [0.717, 1.165) is 0 Å². The fourth-order valence-electron chi connectivity index (χ4n) is 1.20. The summed E-state index contributed by atoms with van der Waals surface area (Å²) in [6, 6.07) is 4.35. The van der Waals surface area contributed by atoms with E-state index in [-0.39, 0.29) is 23.0 Å². The average molecular weight is 249 g/mol. The van der Waals surface area contributed by atoms with Crippen LogP contribution in [-0.2, 0) is 10.0 Å². The molecule has 7 heteroatoms. The highest BCUT2D eigenvalue weighted by Crippen LogP contribution is 2.31. The third kappa shape index (κ3) is 2.83. The summed E-state index contributed by atoms with van der Waals surface area (Å²) < 4.78 is 44.4. The minimum absolute atomic E-state index is 0.0144. The molecule has 0 aliphatic carbocycles. The van der Waals surface area contributed by atoms with E-state index in [1.54, 1.807) is 0 Å². The maximum absolute atomic E-state index is 12.0. The van der Waals surface area contributed by atoms with Crippen LogP contribution in [0.2, 0.25) is 0 Å². The number of halogens is 1. The van der Waals surface area contributed by atoms with E-state index in [0.29, 0.717) is 0 Å². The molecule has 1 aromatic rings. The molecule has 90 valence electrons. The summed E-state index contributed by atoms with van der Waals surface area (Å²) in [5, 5.41) is 5.02. The van der Waals surface area contributed by atoms with Gasteiger partial charge < -0.3 is 9.47 Å². The molecule has 1 rings (SSSR count). The van der Waals surface area contributed by atoms with E-state index in [1.165, 1.54) is 25.3 Å². The zero-order chi connectivity index (χ0) is 12.2. The number of primary sulfonamides is 1. The van der Waals surface area contributed by atoms with E-state index in [4.69, 9.17) is 14.6 Å². The predicted molar refractivity (Wildman–Crippen MR) is 55.8 cm³/mol. The molecular formula is C9H12FNO4S. The highest BCUT2D eigenvalue weighted by atomic mass is 32.2. The number of sulfonamides is 1. The van der Waals surface area contributed by atoms with Gasteiger partial charge in [-0.3, -0.25) is 0 Å². The first-order valence-corrected chi connectivity index (χ1v) is 5.94. The Kier molecular flexibility index (Phi) is 4.08. The quantitative estimate of drug-likeness (QED) is 0.832. The van der Waals surface area contributed by atoms with Gasteiger partial charge in [-0.25, -0.2) is 17.9 Å². The fourth-order valence-corrected chi connectivity index (χ4v) is 2.04. The third-order valence-corrected chi connectivity index (χ3v) is 2.75. The average Bonchev–Trinajstić information content (AvgIpc) is 2.24. The molecule has 0 radical (unpaired) electrons. The molecule has 0 saturated carbocycles. The van der Waals surface area contributed by atoms with Crippen molar-refractivity contribution < 1.29 is 22.3 Å². The summed E-state index contributed by atoms with van der Waals surface area (Å²) in [6.45, 7) is -0.961. The van der Waals surface area contributed by atoms with Gasteiger partial charge in [0.2, 0.25) is 10.0 Å². The van der Waals surface area contributed by atoms with E-state index in [2.05, 4.69) is 0 Å². The molecule has 0 heterocycles. The lowest BCUT2D eigenvalue weighted by Crippen LogP contribution is -2.15. The van der Waals surface area contributed by atoms with Gasteiger partial charge in [-0.15, -0.1) is 0 Å². The van der Waals surface area contributed by atoms with Crippen LogP contribution in [0.25, 0.3) is 0 Å². The van der Waals surface area contributed by atoms with Gasteiger partial charge in [0.1, 0.15) is 24.8 Å². The molecule has 0 aliphatic heterocycles. The Morgan fingerprint density at radius 1 is 1.38 bits per heavy atom. The normalized spacial score (nSPS) is 11.2. The van der Waals surface area contributed by atoms with Crippen LogP contribution in [-0.4, -0.2) is 28.8 Å². The zero-order valence-corrected chi connectivity index (χ0v) is 9.46. The Hall–Kier alpha value is -1.34. The van der Waals surface area contributed by atoms with Crippen LogP contribution in [0.1, 0.15) is 0 Å². The van der Waals surface area contributed by atoms with Crippen LogP contribution >= 0.6 is 0 Å². The van der Waals surface area contributed by atoms with Crippen LogP contribution < -0.4 is 14.6 Å². The third-order valence-electron chi connectivity index (χ3n) is 1.78. The summed E-state index contributed by atoms with van der Waals surface area (Å²) >= 11 is 0. The molecule has 0 aromatic heterocycles. The molecule has 0 fully saturated rings. The van der Waals surface area contributed by atoms with E-state index in [1.807, 2.05) is 0 Å². The van der Waals surface area contributed by atoms with Gasteiger partial charge in [0.05, 0.1) is 7.11 Å². The van der Waals surface area contributed by atoms with Crippen LogP contribution in [0, 0.1) is 0 Å². The fraction of sp³-hybridized carbons (Fsp3) is 0.333. The number of rotatable bonds is 5. The summed E-state index contributed by atoms with van der Waals surface area (Å²) in [7, 11) is -2.67. The van der Waals surface area contributed by atoms with Gasteiger partial charge >= 0.3 is 0 Å². The summed E-state index contributed by atoms with van der Waals surface area (Å²) in [4.78, 5) is -0.272. The van der Waals surface area contributed by atoms with Crippen LogP contribution in [0.4, 0.5) is 4.39 Å². The van der Waals surface area contributed by atoms with E-state index >= 15 is 0 Å². The molecule has 0 aliphatic rings. The van der Waals surface area contributed by atoms with Gasteiger partial charge in [0, 0.05) is 0 Å². The van der Waals surface area contributed by atoms with Crippen LogP contribution in [0.3, 0.4) is 0 Å². The topological polar surface area (TPSA) is 78.6 Å². The number of alkyl halides is 1. The van der Waals surface area contributed by atoms with Crippen LogP contribution in [0.15, 0.2) is 23.1 Å². The number of methoxy groups -OCH3 is 1. The Labute approximate surface area is 93.0 Å². The van der Waals surface area contributed by atoms with Gasteiger partial charge in [0.25, 0.3) is 0 Å². The Morgan fingerprint density at radius 3 is 2.50 bits per heavy atom. The maximum Gasteiger partial charge on any atom is 0.245 e. The summed E-state index contributed by atoms with van der Waals surface area (Å²) in [5.74, 6) is 0.0540. The highest BCUT2D eigenvalue weighted by Gasteiger charge is 2.20. The minimum Gasteiger partial charge on any atom is -0.495 e. The first kappa shape index (κ1) is 12.7. The molecule has 5 nitrogen and oxygen atoms in total. The van der Waals surface area contributed by atoms with Crippen molar-refractivity contribution in [3.05, 3.63) is 18.2 Å². The number of ether oxygens (including phenoxy) is 2. The van der Waals surface area contributed by atoms with Gasteiger partial charge in [0.15, 0.2) is 4.90 Å². The number of nitrogens with two attached hydrogens (primary N) is 1. The second-order valence-corrected chi connectivity index (χ2v) is 4.37. The van der Waals surface area contributed by atoms with Gasteiger partial charge in [-0.2, -0.15) is 0 Å². The number of benzene rings is 1. The maximum atomic E-state index is 12.0. The SMILES string of the molecule is COc1cccc(OCCF)c1S(N)(=O)=O. The Morgan fingerprint density at radius 2 is 2.00 bits per heavy atom. The number of hydrogen-bond acceptors (Lipinski definition) is 4. The molecular weight excluding hydrogens is 237 g/mol. The lowest BCUT2D eigenvalue weighted by atomic mass is 10.3. The standard InChI is InChI=1S/C9H12FNO4S/c1-14-7-3-2-4-8(15-6-5-10)9(7)16(11,12)13/h2-4H,5-6H2,1H3,(H2,11,12,13). The Balaban J connectivity index is 3.27. The molecule has 0 saturated heterocycles. The minimum atomic E-state index is -3.98. The van der Waals surface area contributed by atoms with Crippen molar-refractivity contribution in [2.45, 2.75) is 4.90 Å². The predicted octanol–water partition coefficient (Wildman–Crippen LogP) is 0.691. The number of hydrogen-bond donors (Lipinski definition) is 1. The monoisotopic (exact) mass is 249 g/mol. The van der Waals surface area contributed by atoms with Crippen molar-refractivity contribution in [1.82, 2.24) is 0 Å². The largest absolute Gasteiger partial charge is 0.495 e. The molecule has 0 bridgehead atoms. The molecule has 2 N–H and O–H groups in total. The van der Waals surface area contributed by atoms with Crippen molar-refractivity contribution in [3.63, 3.8) is 0 Å². The van der Waals surface area contributed by atoms with Crippen LogP contribution in [0.5, 0.6) is 11.5 Å². The summed E-state index contributed by atoms with van der Waals surface area (Å²) in [5.41, 5.74) is 0. The van der Waals surface area contributed by atoms with Crippen molar-refractivity contribution in [1.29, 1.82) is 0 Å². The zero-order valence-electron chi connectivity index (χ0n) is 8.64. The lowest BCUT2D eigenvalue weighted by molar-refractivity contribution is 0.264. The highest BCUT2D eigenvalue weighted by molar-refractivity contribution is 7.89. The summed E-state index contributed by atoms with van der Waals surface area (Å²) in [6.07, 6.45) is 0. The first-order chi connectivity index (χ1) is 7.50. The van der Waals surface area contributed by atoms with E-state index < -0.39 is 16.7 Å². The Bertz CT molecular complexity index is 461. The second-order valence-electron chi connectivity index (χ2n) is 2.87. The second kappa shape index (κ2) is 5.13. The molecule has 16 heavy (non-hydrogen) atoms. The van der Waals surface area contributed by atoms with Gasteiger partial charge in [-0.05, 0) is 12.1 Å². The van der Waals surface area contributed by atoms with Gasteiger partial charge in [-0.1, -0.05) is 6.07 Å². The molecule has 0 amide bonds. The van der Waals surface area contributed by atoms with Crippen molar-refractivity contribution in [2.24, 2.45) is 5.14 Å². The smallest absolute Gasteiger partial charge is 0.245 e. The van der Waals surface area contributed by atoms with Crippen molar-refractivity contribution in [2.75, 3.05) is 20.4 Å². The molecule has 0 atom stereocenters. The molecule has 1 aromatic carbocycles. The van der Waals surface area contributed by atoms with Crippen molar-refractivity contribution >= 4 is 10.0 Å². The molecule has 0 unspecified atom stereocenters. The van der Waals surface area contributed by atoms with Crippen molar-refractivity contribution in [3.8, 4) is 11.5 Å². The molecule has 0 spiro atoms.